The van der Waals surface area contributed by atoms with Crippen molar-refractivity contribution in [2.75, 3.05) is 12.4 Å². The summed E-state index contributed by atoms with van der Waals surface area (Å²) in [5.74, 6) is 0.433. The Hall–Kier alpha value is -3.60. The zero-order valence-corrected chi connectivity index (χ0v) is 15.1. The highest BCUT2D eigenvalue weighted by atomic mass is 16.5. The van der Waals surface area contributed by atoms with E-state index in [0.29, 0.717) is 17.0 Å². The maximum Gasteiger partial charge on any atom is 0.256 e. The van der Waals surface area contributed by atoms with Gasteiger partial charge in [0, 0.05) is 23.5 Å². The Morgan fingerprint density at radius 3 is 2.67 bits per heavy atom. The number of rotatable bonds is 4. The zero-order valence-electron chi connectivity index (χ0n) is 15.1. The first-order valence-corrected chi connectivity index (χ1v) is 8.65. The summed E-state index contributed by atoms with van der Waals surface area (Å²) in [5, 5.41) is 2.96. The van der Waals surface area contributed by atoms with Crippen molar-refractivity contribution in [2.24, 2.45) is 0 Å². The van der Waals surface area contributed by atoms with Crippen molar-refractivity contribution in [1.29, 1.82) is 0 Å². The number of benzene rings is 2. The van der Waals surface area contributed by atoms with Crippen LogP contribution >= 0.6 is 0 Å². The molecule has 4 rings (SSSR count). The maximum atomic E-state index is 12.7. The molecule has 2 aromatic heterocycles. The zero-order chi connectivity index (χ0) is 18.8. The molecule has 0 bridgehead atoms. The summed E-state index contributed by atoms with van der Waals surface area (Å²) in [6.45, 7) is 1.92. The quantitative estimate of drug-likeness (QED) is 0.582. The summed E-state index contributed by atoms with van der Waals surface area (Å²) in [5.41, 5.74) is 4.77. The van der Waals surface area contributed by atoms with E-state index in [1.165, 1.54) is 0 Å². The van der Waals surface area contributed by atoms with E-state index in [4.69, 9.17) is 4.74 Å². The predicted octanol–water partition coefficient (Wildman–Crippen LogP) is 4.57. The Balaban J connectivity index is 1.70. The molecule has 1 amide bonds. The molecule has 0 fully saturated rings. The van der Waals surface area contributed by atoms with Crippen molar-refractivity contribution >= 4 is 17.2 Å². The van der Waals surface area contributed by atoms with Gasteiger partial charge in [-0.3, -0.25) is 4.79 Å². The van der Waals surface area contributed by atoms with Crippen LogP contribution in [0, 0.1) is 6.92 Å². The third-order valence-electron chi connectivity index (χ3n) is 4.50. The molecule has 5 heteroatoms. The normalized spacial score (nSPS) is 10.7. The lowest BCUT2D eigenvalue weighted by atomic mass is 10.1. The van der Waals surface area contributed by atoms with Crippen molar-refractivity contribution in [3.8, 4) is 17.0 Å². The summed E-state index contributed by atoms with van der Waals surface area (Å²) in [7, 11) is 1.59. The van der Waals surface area contributed by atoms with Crippen LogP contribution < -0.4 is 10.1 Å². The van der Waals surface area contributed by atoms with Crippen molar-refractivity contribution in [3.63, 3.8) is 0 Å². The molecular formula is C22H19N3O2. The standard InChI is InChI=1S/C22H19N3O2/c1-15-7-3-4-8-17(15)22(26)24-18-13-16(10-11-20(18)27-2)19-14-25-12-6-5-9-21(25)23-19/h3-14H,1-2H3,(H,24,26). The molecule has 0 unspecified atom stereocenters. The minimum absolute atomic E-state index is 0.168. The van der Waals surface area contributed by atoms with Crippen LogP contribution in [0.2, 0.25) is 0 Å². The van der Waals surface area contributed by atoms with Gasteiger partial charge in [-0.15, -0.1) is 0 Å². The molecule has 0 saturated carbocycles. The first kappa shape index (κ1) is 16.8. The van der Waals surface area contributed by atoms with Gasteiger partial charge in [0.05, 0.1) is 18.5 Å². The SMILES string of the molecule is COc1ccc(-c2cn3ccccc3n2)cc1NC(=O)c1ccccc1C. The van der Waals surface area contributed by atoms with Crippen LogP contribution in [0.15, 0.2) is 73.1 Å². The highest BCUT2D eigenvalue weighted by molar-refractivity contribution is 6.06. The fourth-order valence-corrected chi connectivity index (χ4v) is 3.06. The number of aromatic nitrogens is 2. The summed E-state index contributed by atoms with van der Waals surface area (Å²) >= 11 is 0. The van der Waals surface area contributed by atoms with E-state index < -0.39 is 0 Å². The molecule has 0 aliphatic rings. The van der Waals surface area contributed by atoms with Crippen LogP contribution in [0.1, 0.15) is 15.9 Å². The number of hydrogen-bond donors (Lipinski definition) is 1. The van der Waals surface area contributed by atoms with Gasteiger partial charge >= 0.3 is 0 Å². The minimum atomic E-state index is -0.168. The number of carbonyl (C=O) groups is 1. The van der Waals surface area contributed by atoms with E-state index in [2.05, 4.69) is 10.3 Å². The molecule has 27 heavy (non-hydrogen) atoms. The number of methoxy groups -OCH3 is 1. The monoisotopic (exact) mass is 357 g/mol. The number of hydrogen-bond acceptors (Lipinski definition) is 3. The number of nitrogens with one attached hydrogen (secondary N) is 1. The average Bonchev–Trinajstić information content (AvgIpc) is 3.12. The highest BCUT2D eigenvalue weighted by Crippen LogP contribution is 2.31. The second-order valence-corrected chi connectivity index (χ2v) is 6.28. The summed E-state index contributed by atoms with van der Waals surface area (Å²) in [6.07, 6.45) is 3.92. The second kappa shape index (κ2) is 6.96. The third-order valence-corrected chi connectivity index (χ3v) is 4.50. The van der Waals surface area contributed by atoms with Gasteiger partial charge in [-0.25, -0.2) is 4.98 Å². The van der Waals surface area contributed by atoms with Gasteiger partial charge in [-0.2, -0.15) is 0 Å². The fraction of sp³-hybridized carbons (Fsp3) is 0.0909. The molecule has 5 nitrogen and oxygen atoms in total. The van der Waals surface area contributed by atoms with E-state index in [1.54, 1.807) is 7.11 Å². The number of ether oxygens (including phenoxy) is 1. The summed E-state index contributed by atoms with van der Waals surface area (Å²) in [4.78, 5) is 17.3. The Morgan fingerprint density at radius 2 is 1.89 bits per heavy atom. The van der Waals surface area contributed by atoms with E-state index >= 15 is 0 Å². The van der Waals surface area contributed by atoms with Gasteiger partial charge in [0.15, 0.2) is 0 Å². The van der Waals surface area contributed by atoms with Gasteiger partial charge in [0.1, 0.15) is 11.4 Å². The summed E-state index contributed by atoms with van der Waals surface area (Å²) in [6, 6.07) is 19.0. The van der Waals surface area contributed by atoms with Gasteiger partial charge < -0.3 is 14.5 Å². The van der Waals surface area contributed by atoms with Crippen LogP contribution in [0.25, 0.3) is 16.9 Å². The van der Waals surface area contributed by atoms with E-state index in [9.17, 15) is 4.79 Å². The van der Waals surface area contributed by atoms with Crippen molar-refractivity contribution in [2.45, 2.75) is 6.92 Å². The molecular weight excluding hydrogens is 338 g/mol. The molecule has 2 aromatic carbocycles. The van der Waals surface area contributed by atoms with Gasteiger partial charge in [-0.05, 0) is 48.9 Å². The van der Waals surface area contributed by atoms with Crippen LogP contribution in [0.3, 0.4) is 0 Å². The Labute approximate surface area is 157 Å². The topological polar surface area (TPSA) is 55.6 Å². The van der Waals surface area contributed by atoms with Crippen molar-refractivity contribution < 1.29 is 9.53 Å². The number of nitrogens with zero attached hydrogens (tertiary/aromatic N) is 2. The number of amides is 1. The third kappa shape index (κ3) is 3.27. The van der Waals surface area contributed by atoms with Crippen LogP contribution in [0.5, 0.6) is 5.75 Å². The summed E-state index contributed by atoms with van der Waals surface area (Å²) < 4.78 is 7.39. The molecule has 134 valence electrons. The van der Waals surface area contributed by atoms with Gasteiger partial charge in [0.2, 0.25) is 0 Å². The first-order chi connectivity index (χ1) is 13.2. The smallest absolute Gasteiger partial charge is 0.256 e. The molecule has 0 atom stereocenters. The van der Waals surface area contributed by atoms with Gasteiger partial charge in [0.25, 0.3) is 5.91 Å². The first-order valence-electron chi connectivity index (χ1n) is 8.65. The molecule has 1 N–H and O–H groups in total. The van der Waals surface area contributed by atoms with Crippen molar-refractivity contribution in [3.05, 3.63) is 84.2 Å². The van der Waals surface area contributed by atoms with E-state index in [1.807, 2.05) is 84.4 Å². The number of fused-ring (bicyclic) bond motifs is 1. The number of aryl methyl sites for hydroxylation is 1. The number of carbonyl (C=O) groups excluding carboxylic acids is 1. The molecule has 2 heterocycles. The lowest BCUT2D eigenvalue weighted by molar-refractivity contribution is 0.102. The molecule has 0 radical (unpaired) electrons. The highest BCUT2D eigenvalue weighted by Gasteiger charge is 2.14. The lowest BCUT2D eigenvalue weighted by Gasteiger charge is -2.12. The molecule has 4 aromatic rings. The Morgan fingerprint density at radius 1 is 1.07 bits per heavy atom. The average molecular weight is 357 g/mol. The second-order valence-electron chi connectivity index (χ2n) is 6.28. The number of pyridine rings is 1. The number of anilines is 1. The van der Waals surface area contributed by atoms with Crippen LogP contribution in [-0.2, 0) is 0 Å². The molecule has 0 aliphatic heterocycles. The molecule has 0 aliphatic carbocycles. The van der Waals surface area contributed by atoms with Crippen LogP contribution in [-0.4, -0.2) is 22.4 Å². The lowest BCUT2D eigenvalue weighted by Crippen LogP contribution is -2.14. The largest absolute Gasteiger partial charge is 0.495 e. The minimum Gasteiger partial charge on any atom is -0.495 e. The number of imidazole rings is 1. The van der Waals surface area contributed by atoms with Gasteiger partial charge in [-0.1, -0.05) is 24.3 Å². The maximum absolute atomic E-state index is 12.7. The van der Waals surface area contributed by atoms with Crippen molar-refractivity contribution in [1.82, 2.24) is 9.38 Å². The predicted molar refractivity (Wildman–Crippen MR) is 106 cm³/mol. The fourth-order valence-electron chi connectivity index (χ4n) is 3.06. The molecule has 0 spiro atoms. The van der Waals surface area contributed by atoms with Crippen LogP contribution in [0.4, 0.5) is 5.69 Å². The Kier molecular flexibility index (Phi) is 4.34. The molecule has 0 saturated heterocycles. The van der Waals surface area contributed by atoms with E-state index in [-0.39, 0.29) is 5.91 Å². The Bertz CT molecular complexity index is 1100. The van der Waals surface area contributed by atoms with E-state index in [0.717, 1.165) is 22.5 Å².